The third-order valence-electron chi connectivity index (χ3n) is 2.77. The second-order valence-corrected chi connectivity index (χ2v) is 5.59. The first-order valence-electron chi connectivity index (χ1n) is 6.56. The molecule has 1 rings (SSSR count). The van der Waals surface area contributed by atoms with Crippen LogP contribution in [0.5, 0.6) is 11.5 Å². The molecule has 0 heterocycles. The number of rotatable bonds is 4. The molecule has 0 radical (unpaired) electrons. The van der Waals surface area contributed by atoms with Gasteiger partial charge in [0.15, 0.2) is 0 Å². The Bertz CT molecular complexity index is 542. The van der Waals surface area contributed by atoms with E-state index in [2.05, 4.69) is 0 Å². The summed E-state index contributed by atoms with van der Waals surface area (Å²) < 4.78 is 9.58. The summed E-state index contributed by atoms with van der Waals surface area (Å²) in [5.74, 6) is -1.78. The van der Waals surface area contributed by atoms with Gasteiger partial charge in [0.1, 0.15) is 17.1 Å². The summed E-state index contributed by atoms with van der Waals surface area (Å²) in [6.07, 6.45) is 0.444. The molecule has 116 valence electrons. The summed E-state index contributed by atoms with van der Waals surface area (Å²) in [5, 5.41) is 19.4. The average molecular weight is 296 g/mol. The van der Waals surface area contributed by atoms with Crippen molar-refractivity contribution in [3.8, 4) is 11.5 Å². The van der Waals surface area contributed by atoms with E-state index in [9.17, 15) is 19.8 Å². The van der Waals surface area contributed by atoms with Gasteiger partial charge in [-0.05, 0) is 44.9 Å². The molecule has 1 aromatic rings. The Morgan fingerprint density at radius 1 is 1.14 bits per heavy atom. The van der Waals surface area contributed by atoms with E-state index in [1.54, 1.807) is 27.7 Å². The van der Waals surface area contributed by atoms with E-state index in [1.807, 2.05) is 0 Å². The number of aryl methyl sites for hydroxylation is 1. The molecule has 0 fully saturated rings. The van der Waals surface area contributed by atoms with Crippen molar-refractivity contribution in [1.29, 1.82) is 0 Å². The molecular formula is C15H20O6. The van der Waals surface area contributed by atoms with E-state index in [0.717, 1.165) is 6.07 Å². The van der Waals surface area contributed by atoms with Crippen LogP contribution in [-0.2, 0) is 20.7 Å². The summed E-state index contributed by atoms with van der Waals surface area (Å²) >= 11 is 0. The van der Waals surface area contributed by atoms with Crippen molar-refractivity contribution in [1.82, 2.24) is 0 Å². The summed E-state index contributed by atoms with van der Waals surface area (Å²) in [6, 6.07) is 2.47. The first-order valence-corrected chi connectivity index (χ1v) is 6.56. The second kappa shape index (κ2) is 6.47. The van der Waals surface area contributed by atoms with E-state index in [4.69, 9.17) is 9.47 Å². The van der Waals surface area contributed by atoms with Crippen LogP contribution in [-0.4, -0.2) is 28.9 Å². The Hall–Kier alpha value is -2.24. The Balaban J connectivity index is 2.73. The van der Waals surface area contributed by atoms with Gasteiger partial charge in [-0.25, -0.2) is 4.79 Å². The molecular weight excluding hydrogens is 276 g/mol. The van der Waals surface area contributed by atoms with Gasteiger partial charge in [0.2, 0.25) is 6.79 Å². The van der Waals surface area contributed by atoms with Crippen LogP contribution in [0.1, 0.15) is 43.6 Å². The van der Waals surface area contributed by atoms with Gasteiger partial charge >= 0.3 is 11.9 Å². The maximum Gasteiger partial charge on any atom is 0.344 e. The maximum absolute atomic E-state index is 11.8. The SMILES string of the molecule is CCc1cc(O)cc(C(=O)OCOC(=O)C(C)(C)C)c1O. The van der Waals surface area contributed by atoms with Crippen molar-refractivity contribution in [3.05, 3.63) is 23.3 Å². The van der Waals surface area contributed by atoms with E-state index < -0.39 is 24.1 Å². The molecule has 1 aromatic carbocycles. The Morgan fingerprint density at radius 2 is 1.76 bits per heavy atom. The standard InChI is InChI=1S/C15H20O6/c1-5-9-6-10(16)7-11(12(9)17)13(18)20-8-21-14(19)15(2,3)4/h6-7,16-17H,5,8H2,1-4H3. The van der Waals surface area contributed by atoms with Crippen LogP contribution in [0.25, 0.3) is 0 Å². The van der Waals surface area contributed by atoms with Crippen molar-refractivity contribution in [3.63, 3.8) is 0 Å². The van der Waals surface area contributed by atoms with Gasteiger partial charge in [0.05, 0.1) is 5.41 Å². The number of phenolic OH excluding ortho intramolecular Hbond substituents is 2. The van der Waals surface area contributed by atoms with Crippen molar-refractivity contribution in [2.75, 3.05) is 6.79 Å². The molecule has 0 aliphatic carbocycles. The lowest BCUT2D eigenvalue weighted by Gasteiger charge is -2.16. The Labute approximate surface area is 123 Å². The van der Waals surface area contributed by atoms with E-state index in [0.29, 0.717) is 12.0 Å². The van der Waals surface area contributed by atoms with Crippen LogP contribution in [0.15, 0.2) is 12.1 Å². The first-order chi connectivity index (χ1) is 9.66. The summed E-state index contributed by atoms with van der Waals surface area (Å²) in [7, 11) is 0. The quantitative estimate of drug-likeness (QED) is 0.503. The van der Waals surface area contributed by atoms with Crippen LogP contribution in [0.4, 0.5) is 0 Å². The molecule has 0 spiro atoms. The van der Waals surface area contributed by atoms with Gasteiger partial charge < -0.3 is 19.7 Å². The van der Waals surface area contributed by atoms with Crippen molar-refractivity contribution < 1.29 is 29.3 Å². The first kappa shape index (κ1) is 16.8. The highest BCUT2D eigenvalue weighted by Gasteiger charge is 2.24. The lowest BCUT2D eigenvalue weighted by atomic mass is 9.98. The maximum atomic E-state index is 11.8. The zero-order chi connectivity index (χ0) is 16.2. The van der Waals surface area contributed by atoms with E-state index in [-0.39, 0.29) is 17.1 Å². The monoisotopic (exact) mass is 296 g/mol. The van der Waals surface area contributed by atoms with Crippen molar-refractivity contribution in [2.24, 2.45) is 5.41 Å². The molecule has 21 heavy (non-hydrogen) atoms. The fraction of sp³-hybridized carbons (Fsp3) is 0.467. The third kappa shape index (κ3) is 4.37. The van der Waals surface area contributed by atoms with Gasteiger partial charge in [-0.15, -0.1) is 0 Å². The minimum Gasteiger partial charge on any atom is -0.508 e. The number of benzene rings is 1. The molecule has 0 saturated heterocycles. The molecule has 0 unspecified atom stereocenters. The molecule has 0 aliphatic rings. The Morgan fingerprint density at radius 3 is 2.29 bits per heavy atom. The molecule has 0 saturated carbocycles. The number of phenols is 2. The number of hydrogen-bond donors (Lipinski definition) is 2. The summed E-state index contributed by atoms with van der Waals surface area (Å²) in [6.45, 7) is 6.24. The molecule has 0 amide bonds. The van der Waals surface area contributed by atoms with Crippen LogP contribution in [0.3, 0.4) is 0 Å². The second-order valence-electron chi connectivity index (χ2n) is 5.59. The van der Waals surface area contributed by atoms with Crippen LogP contribution < -0.4 is 0 Å². The van der Waals surface area contributed by atoms with Crippen LogP contribution >= 0.6 is 0 Å². The molecule has 0 aliphatic heterocycles. The van der Waals surface area contributed by atoms with Crippen LogP contribution in [0.2, 0.25) is 0 Å². The van der Waals surface area contributed by atoms with Gasteiger partial charge in [-0.1, -0.05) is 6.92 Å². The number of esters is 2. The zero-order valence-corrected chi connectivity index (χ0v) is 12.6. The lowest BCUT2D eigenvalue weighted by molar-refractivity contribution is -0.161. The number of carbonyl (C=O) groups excluding carboxylic acids is 2. The molecule has 0 bridgehead atoms. The highest BCUT2D eigenvalue weighted by Crippen LogP contribution is 2.28. The highest BCUT2D eigenvalue weighted by molar-refractivity contribution is 5.93. The van der Waals surface area contributed by atoms with Gasteiger partial charge in [-0.3, -0.25) is 4.79 Å². The lowest BCUT2D eigenvalue weighted by Crippen LogP contribution is -2.24. The van der Waals surface area contributed by atoms with Gasteiger partial charge in [0, 0.05) is 0 Å². The Kier molecular flexibility index (Phi) is 5.18. The third-order valence-corrected chi connectivity index (χ3v) is 2.77. The molecule has 0 aromatic heterocycles. The van der Waals surface area contributed by atoms with E-state index in [1.165, 1.54) is 6.07 Å². The van der Waals surface area contributed by atoms with Gasteiger partial charge in [0.25, 0.3) is 0 Å². The molecule has 0 atom stereocenters. The highest BCUT2D eigenvalue weighted by atomic mass is 16.7. The summed E-state index contributed by atoms with van der Waals surface area (Å²) in [4.78, 5) is 23.3. The predicted molar refractivity (Wildman–Crippen MR) is 75.0 cm³/mol. The van der Waals surface area contributed by atoms with Crippen molar-refractivity contribution in [2.45, 2.75) is 34.1 Å². The average Bonchev–Trinajstić information content (AvgIpc) is 2.39. The fourth-order valence-corrected chi connectivity index (χ4v) is 1.53. The number of aromatic hydroxyl groups is 2. The normalized spacial score (nSPS) is 11.0. The fourth-order valence-electron chi connectivity index (χ4n) is 1.53. The minimum absolute atomic E-state index is 0.150. The van der Waals surface area contributed by atoms with Gasteiger partial charge in [-0.2, -0.15) is 0 Å². The minimum atomic E-state index is -0.875. The number of carbonyl (C=O) groups is 2. The smallest absolute Gasteiger partial charge is 0.344 e. The topological polar surface area (TPSA) is 93.1 Å². The van der Waals surface area contributed by atoms with Crippen molar-refractivity contribution >= 4 is 11.9 Å². The molecule has 6 nitrogen and oxygen atoms in total. The number of hydrogen-bond acceptors (Lipinski definition) is 6. The largest absolute Gasteiger partial charge is 0.508 e. The van der Waals surface area contributed by atoms with E-state index >= 15 is 0 Å². The molecule has 2 N–H and O–H groups in total. The molecule has 6 heteroatoms. The number of ether oxygens (including phenoxy) is 2. The van der Waals surface area contributed by atoms with Crippen LogP contribution in [0, 0.1) is 5.41 Å². The zero-order valence-electron chi connectivity index (χ0n) is 12.6. The predicted octanol–water partition coefficient (Wildman–Crippen LogP) is 2.36. The summed E-state index contributed by atoms with van der Waals surface area (Å²) in [5.41, 5.74) is -0.443.